The van der Waals surface area contributed by atoms with Gasteiger partial charge in [0.1, 0.15) is 0 Å². The van der Waals surface area contributed by atoms with Crippen LogP contribution in [-0.2, 0) is 0 Å². The van der Waals surface area contributed by atoms with Gasteiger partial charge in [0.15, 0.2) is 5.69 Å². The Labute approximate surface area is 80.0 Å². The standard InChI is InChI=1S/C8H10N2O4/c1-4(2)7(11)8-6(10(12)13)5(3)9-14-8/h4H,1-3H3. The number of hydrogen-bond acceptors (Lipinski definition) is 5. The molecule has 0 aliphatic heterocycles. The fraction of sp³-hybridized carbons (Fsp3) is 0.500. The van der Waals surface area contributed by atoms with E-state index in [0.29, 0.717) is 0 Å². The Morgan fingerprint density at radius 3 is 2.57 bits per heavy atom. The molecule has 1 aromatic rings. The molecular formula is C8H10N2O4. The molecule has 6 heteroatoms. The highest BCUT2D eigenvalue weighted by Crippen LogP contribution is 2.24. The molecule has 14 heavy (non-hydrogen) atoms. The van der Waals surface area contributed by atoms with Gasteiger partial charge in [-0.2, -0.15) is 0 Å². The minimum absolute atomic E-state index is 0.124. The van der Waals surface area contributed by atoms with Crippen LogP contribution >= 0.6 is 0 Å². The summed E-state index contributed by atoms with van der Waals surface area (Å²) in [7, 11) is 0. The highest BCUT2D eigenvalue weighted by atomic mass is 16.6. The second kappa shape index (κ2) is 3.57. The first-order valence-corrected chi connectivity index (χ1v) is 4.10. The van der Waals surface area contributed by atoms with Crippen LogP contribution < -0.4 is 0 Å². The molecule has 0 aliphatic rings. The Hall–Kier alpha value is -1.72. The molecule has 1 heterocycles. The van der Waals surface area contributed by atoms with Crippen LogP contribution in [0.15, 0.2) is 4.52 Å². The molecule has 76 valence electrons. The van der Waals surface area contributed by atoms with E-state index in [1.807, 2.05) is 0 Å². The predicted molar refractivity (Wildman–Crippen MR) is 47.1 cm³/mol. The van der Waals surface area contributed by atoms with Gasteiger partial charge in [-0.05, 0) is 6.92 Å². The molecule has 0 unspecified atom stereocenters. The number of Topliss-reactive ketones (excluding diaryl/α,β-unsaturated/α-hetero) is 1. The van der Waals surface area contributed by atoms with Crippen LogP contribution in [0, 0.1) is 23.0 Å². The lowest BCUT2D eigenvalue weighted by Crippen LogP contribution is -2.08. The first-order valence-electron chi connectivity index (χ1n) is 4.10. The van der Waals surface area contributed by atoms with Crippen LogP contribution in [0.5, 0.6) is 0 Å². The van der Waals surface area contributed by atoms with Gasteiger partial charge in [0.05, 0.1) is 4.92 Å². The molecule has 0 amide bonds. The van der Waals surface area contributed by atoms with Crippen molar-refractivity contribution in [1.29, 1.82) is 0 Å². The molecule has 0 saturated heterocycles. The van der Waals surface area contributed by atoms with Crippen molar-refractivity contribution in [2.24, 2.45) is 5.92 Å². The van der Waals surface area contributed by atoms with Crippen LogP contribution in [0.25, 0.3) is 0 Å². The van der Waals surface area contributed by atoms with Gasteiger partial charge in [-0.15, -0.1) is 0 Å². The van der Waals surface area contributed by atoms with E-state index in [2.05, 4.69) is 9.68 Å². The van der Waals surface area contributed by atoms with E-state index in [0.717, 1.165) is 0 Å². The molecule has 0 spiro atoms. The van der Waals surface area contributed by atoms with Crippen molar-refractivity contribution in [2.75, 3.05) is 0 Å². The normalized spacial score (nSPS) is 10.6. The minimum Gasteiger partial charge on any atom is -0.345 e. The first kappa shape index (κ1) is 10.4. The number of nitrogens with zero attached hydrogens (tertiary/aromatic N) is 2. The van der Waals surface area contributed by atoms with Gasteiger partial charge in [-0.1, -0.05) is 19.0 Å². The zero-order valence-electron chi connectivity index (χ0n) is 8.10. The summed E-state index contributed by atoms with van der Waals surface area (Å²) in [5.41, 5.74) is -0.206. The third kappa shape index (κ3) is 1.63. The van der Waals surface area contributed by atoms with Crippen molar-refractivity contribution in [2.45, 2.75) is 20.8 Å². The lowest BCUT2D eigenvalue weighted by molar-refractivity contribution is -0.386. The summed E-state index contributed by atoms with van der Waals surface area (Å²) in [6.07, 6.45) is 0. The van der Waals surface area contributed by atoms with Crippen molar-refractivity contribution in [3.63, 3.8) is 0 Å². The zero-order valence-corrected chi connectivity index (χ0v) is 8.10. The monoisotopic (exact) mass is 198 g/mol. The number of nitro groups is 1. The molecule has 0 aromatic carbocycles. The fourth-order valence-corrected chi connectivity index (χ4v) is 1.00. The van der Waals surface area contributed by atoms with Crippen LogP contribution in [0.4, 0.5) is 5.69 Å². The van der Waals surface area contributed by atoms with Crippen molar-refractivity contribution in [3.8, 4) is 0 Å². The Balaban J connectivity index is 3.22. The van der Waals surface area contributed by atoms with Crippen molar-refractivity contribution < 1.29 is 14.2 Å². The van der Waals surface area contributed by atoms with Crippen LogP contribution in [-0.4, -0.2) is 15.9 Å². The van der Waals surface area contributed by atoms with E-state index in [9.17, 15) is 14.9 Å². The summed E-state index contributed by atoms with van der Waals surface area (Å²) in [5, 5.41) is 14.0. The van der Waals surface area contributed by atoms with E-state index in [1.54, 1.807) is 13.8 Å². The Kier molecular flexibility index (Phi) is 2.64. The van der Waals surface area contributed by atoms with E-state index >= 15 is 0 Å². The van der Waals surface area contributed by atoms with E-state index in [1.165, 1.54) is 6.92 Å². The van der Waals surface area contributed by atoms with Gasteiger partial charge < -0.3 is 4.52 Å². The Morgan fingerprint density at radius 2 is 2.14 bits per heavy atom. The van der Waals surface area contributed by atoms with Crippen LogP contribution in [0.3, 0.4) is 0 Å². The molecule has 0 atom stereocenters. The van der Waals surface area contributed by atoms with Gasteiger partial charge in [0, 0.05) is 5.92 Å². The number of carbonyl (C=O) groups excluding carboxylic acids is 1. The third-order valence-corrected chi connectivity index (χ3v) is 1.76. The first-order chi connectivity index (χ1) is 6.45. The number of rotatable bonds is 3. The van der Waals surface area contributed by atoms with Gasteiger partial charge in [0.25, 0.3) is 5.76 Å². The maximum atomic E-state index is 11.4. The molecule has 0 aliphatic carbocycles. The second-order valence-corrected chi connectivity index (χ2v) is 3.22. The summed E-state index contributed by atoms with van der Waals surface area (Å²) < 4.78 is 4.64. The van der Waals surface area contributed by atoms with Gasteiger partial charge in [-0.3, -0.25) is 14.9 Å². The van der Waals surface area contributed by atoms with Crippen molar-refractivity contribution in [3.05, 3.63) is 21.6 Å². The maximum Gasteiger partial charge on any atom is 0.342 e. The van der Waals surface area contributed by atoms with E-state index in [4.69, 9.17) is 0 Å². The molecule has 0 fully saturated rings. The summed E-state index contributed by atoms with van der Waals surface area (Å²) in [6.45, 7) is 4.71. The highest BCUT2D eigenvalue weighted by Gasteiger charge is 2.30. The predicted octanol–water partition coefficient (Wildman–Crippen LogP) is 1.73. The van der Waals surface area contributed by atoms with Crippen molar-refractivity contribution >= 4 is 11.5 Å². The maximum absolute atomic E-state index is 11.4. The zero-order chi connectivity index (χ0) is 10.9. The fourth-order valence-electron chi connectivity index (χ4n) is 1.00. The Bertz CT molecular complexity index is 381. The average Bonchev–Trinajstić information content (AvgIpc) is 2.45. The summed E-state index contributed by atoms with van der Waals surface area (Å²) in [6, 6.07) is 0. The quantitative estimate of drug-likeness (QED) is 0.419. The summed E-state index contributed by atoms with van der Waals surface area (Å²) >= 11 is 0. The molecule has 0 radical (unpaired) electrons. The molecule has 1 rings (SSSR count). The van der Waals surface area contributed by atoms with Gasteiger partial charge in [-0.25, -0.2) is 0 Å². The number of aryl methyl sites for hydroxylation is 1. The molecule has 6 nitrogen and oxygen atoms in total. The number of carbonyl (C=O) groups is 1. The minimum atomic E-state index is -0.651. The van der Waals surface area contributed by atoms with Gasteiger partial charge in [0.2, 0.25) is 5.78 Å². The van der Waals surface area contributed by atoms with E-state index in [-0.39, 0.29) is 23.1 Å². The largest absolute Gasteiger partial charge is 0.345 e. The molecule has 1 aromatic heterocycles. The highest BCUT2D eigenvalue weighted by molar-refractivity contribution is 5.98. The summed E-state index contributed by atoms with van der Waals surface area (Å²) in [5.74, 6) is -1.01. The SMILES string of the molecule is Cc1noc(C(=O)C(C)C)c1[N+](=O)[O-]. The lowest BCUT2D eigenvalue weighted by Gasteiger charge is -1.97. The number of aromatic nitrogens is 1. The van der Waals surface area contributed by atoms with Crippen LogP contribution in [0.2, 0.25) is 0 Å². The second-order valence-electron chi connectivity index (χ2n) is 3.22. The molecule has 0 N–H and O–H groups in total. The third-order valence-electron chi connectivity index (χ3n) is 1.76. The van der Waals surface area contributed by atoms with Crippen molar-refractivity contribution in [1.82, 2.24) is 5.16 Å². The van der Waals surface area contributed by atoms with E-state index < -0.39 is 10.7 Å². The Morgan fingerprint density at radius 1 is 1.57 bits per heavy atom. The number of hydrogen-bond donors (Lipinski definition) is 0. The summed E-state index contributed by atoms with van der Waals surface area (Å²) in [4.78, 5) is 21.4. The average molecular weight is 198 g/mol. The molecule has 0 bridgehead atoms. The molecular weight excluding hydrogens is 188 g/mol. The molecule has 0 saturated carbocycles. The topological polar surface area (TPSA) is 86.2 Å². The van der Waals surface area contributed by atoms with Gasteiger partial charge >= 0.3 is 5.69 Å². The van der Waals surface area contributed by atoms with Crippen LogP contribution in [0.1, 0.15) is 30.1 Å². The smallest absolute Gasteiger partial charge is 0.342 e. The number of ketones is 1. The lowest BCUT2D eigenvalue weighted by atomic mass is 10.1.